The fourth-order valence-electron chi connectivity index (χ4n) is 3.17. The monoisotopic (exact) mass is 416 g/mol. The molecule has 6 nitrogen and oxygen atoms in total. The van der Waals surface area contributed by atoms with Crippen molar-refractivity contribution in [1.82, 2.24) is 9.80 Å². The first-order chi connectivity index (χ1) is 13.9. The van der Waals surface area contributed by atoms with Crippen molar-refractivity contribution >= 4 is 23.6 Å². The molecule has 0 aliphatic carbocycles. The lowest BCUT2D eigenvalue weighted by Gasteiger charge is -2.34. The minimum atomic E-state index is -0.357. The highest BCUT2D eigenvalue weighted by atomic mass is 35.5. The number of carbonyl (C=O) groups excluding carboxylic acids is 2. The van der Waals surface area contributed by atoms with Crippen LogP contribution >= 0.6 is 11.6 Å². The van der Waals surface area contributed by atoms with Crippen LogP contribution in [0.1, 0.15) is 16.7 Å². The van der Waals surface area contributed by atoms with Crippen LogP contribution in [-0.2, 0) is 16.1 Å². The lowest BCUT2D eigenvalue weighted by molar-refractivity contribution is -0.135. The van der Waals surface area contributed by atoms with E-state index in [1.54, 1.807) is 9.80 Å². The van der Waals surface area contributed by atoms with Gasteiger partial charge in [0.25, 0.3) is 5.91 Å². The maximum absolute atomic E-state index is 12.4. The molecule has 1 saturated heterocycles. The molecule has 0 unspecified atom stereocenters. The molecule has 1 heterocycles. The molecule has 0 atom stereocenters. The van der Waals surface area contributed by atoms with Crippen molar-refractivity contribution in [3.05, 3.63) is 64.2 Å². The van der Waals surface area contributed by atoms with Gasteiger partial charge < -0.3 is 19.3 Å². The average Bonchev–Trinajstić information content (AvgIpc) is 2.74. The summed E-state index contributed by atoms with van der Waals surface area (Å²) in [4.78, 5) is 28.0. The highest BCUT2D eigenvalue weighted by Crippen LogP contribution is 2.25. The van der Waals surface area contributed by atoms with E-state index >= 15 is 0 Å². The standard InChI is InChI=1S/C22H25ClN2O4/c1-16-12-19(13-17(2)21(16)23)28-15-20(26)24-8-10-25(11-9-24)22(27)29-14-18-6-4-3-5-7-18/h3-7,12-13H,8-11,14-15H2,1-2H3. The number of halogens is 1. The number of rotatable bonds is 5. The van der Waals surface area contributed by atoms with Gasteiger partial charge >= 0.3 is 6.09 Å². The summed E-state index contributed by atoms with van der Waals surface area (Å²) in [6, 6.07) is 13.2. The van der Waals surface area contributed by atoms with Crippen LogP contribution in [0.4, 0.5) is 4.79 Å². The molecule has 0 N–H and O–H groups in total. The van der Waals surface area contributed by atoms with E-state index in [1.165, 1.54) is 0 Å². The Labute approximate surface area is 176 Å². The molecule has 7 heteroatoms. The molecule has 2 amide bonds. The number of ether oxygens (including phenoxy) is 2. The predicted molar refractivity (Wildman–Crippen MR) is 111 cm³/mol. The van der Waals surface area contributed by atoms with Gasteiger partial charge in [0.2, 0.25) is 0 Å². The van der Waals surface area contributed by atoms with Crippen LogP contribution in [0.3, 0.4) is 0 Å². The third kappa shape index (κ3) is 5.64. The molecule has 1 aliphatic heterocycles. The van der Waals surface area contributed by atoms with Crippen molar-refractivity contribution in [1.29, 1.82) is 0 Å². The zero-order chi connectivity index (χ0) is 20.8. The van der Waals surface area contributed by atoms with Crippen molar-refractivity contribution in [2.24, 2.45) is 0 Å². The molecule has 2 aromatic carbocycles. The summed E-state index contributed by atoms with van der Waals surface area (Å²) >= 11 is 6.16. The first kappa shape index (κ1) is 21.0. The summed E-state index contributed by atoms with van der Waals surface area (Å²) in [5.41, 5.74) is 2.77. The second-order valence-electron chi connectivity index (χ2n) is 7.07. The molecule has 154 valence electrons. The second kappa shape index (κ2) is 9.65. The first-order valence-corrected chi connectivity index (χ1v) is 9.95. The lowest BCUT2D eigenvalue weighted by atomic mass is 10.1. The van der Waals surface area contributed by atoms with Crippen LogP contribution < -0.4 is 4.74 Å². The van der Waals surface area contributed by atoms with E-state index in [0.717, 1.165) is 16.7 Å². The first-order valence-electron chi connectivity index (χ1n) is 9.57. The number of amides is 2. The molecule has 0 aromatic heterocycles. The Morgan fingerprint density at radius 3 is 2.17 bits per heavy atom. The van der Waals surface area contributed by atoms with Crippen molar-refractivity contribution in [3.63, 3.8) is 0 Å². The second-order valence-corrected chi connectivity index (χ2v) is 7.45. The summed E-state index contributed by atoms with van der Waals surface area (Å²) in [6.45, 7) is 5.81. The smallest absolute Gasteiger partial charge is 0.410 e. The predicted octanol–water partition coefficient (Wildman–Crippen LogP) is 3.82. The van der Waals surface area contributed by atoms with Gasteiger partial charge in [0.15, 0.2) is 6.61 Å². The SMILES string of the molecule is Cc1cc(OCC(=O)N2CCN(C(=O)OCc3ccccc3)CC2)cc(C)c1Cl. The van der Waals surface area contributed by atoms with Gasteiger partial charge in [0, 0.05) is 31.2 Å². The third-order valence-electron chi connectivity index (χ3n) is 4.87. The van der Waals surface area contributed by atoms with Crippen LogP contribution in [0.25, 0.3) is 0 Å². The summed E-state index contributed by atoms with van der Waals surface area (Å²) < 4.78 is 11.0. The lowest BCUT2D eigenvalue weighted by Crippen LogP contribution is -2.51. The Bertz CT molecular complexity index is 841. The van der Waals surface area contributed by atoms with Crippen LogP contribution in [0.5, 0.6) is 5.75 Å². The van der Waals surface area contributed by atoms with Crippen molar-refractivity contribution < 1.29 is 19.1 Å². The molecule has 0 spiro atoms. The van der Waals surface area contributed by atoms with E-state index in [9.17, 15) is 9.59 Å². The Kier molecular flexibility index (Phi) is 6.99. The van der Waals surface area contributed by atoms with Gasteiger partial charge in [0.1, 0.15) is 12.4 Å². The summed E-state index contributed by atoms with van der Waals surface area (Å²) in [7, 11) is 0. The average molecular weight is 417 g/mol. The van der Waals surface area contributed by atoms with Gasteiger partial charge in [-0.15, -0.1) is 0 Å². The third-order valence-corrected chi connectivity index (χ3v) is 5.46. The Hall–Kier alpha value is -2.73. The van der Waals surface area contributed by atoms with Crippen LogP contribution in [-0.4, -0.2) is 54.6 Å². The van der Waals surface area contributed by atoms with Gasteiger partial charge in [-0.05, 0) is 42.7 Å². The van der Waals surface area contributed by atoms with Crippen molar-refractivity contribution in [2.45, 2.75) is 20.5 Å². The van der Waals surface area contributed by atoms with Crippen molar-refractivity contribution in [3.8, 4) is 5.75 Å². The number of piperazine rings is 1. The van der Waals surface area contributed by atoms with Crippen LogP contribution in [0.2, 0.25) is 5.02 Å². The highest BCUT2D eigenvalue weighted by molar-refractivity contribution is 6.32. The number of nitrogens with zero attached hydrogens (tertiary/aromatic N) is 2. The molecule has 0 bridgehead atoms. The van der Waals surface area contributed by atoms with E-state index in [1.807, 2.05) is 56.3 Å². The van der Waals surface area contributed by atoms with Gasteiger partial charge in [-0.3, -0.25) is 4.79 Å². The van der Waals surface area contributed by atoms with Gasteiger partial charge in [0.05, 0.1) is 0 Å². The number of aryl methyl sites for hydroxylation is 2. The van der Waals surface area contributed by atoms with E-state index < -0.39 is 0 Å². The van der Waals surface area contributed by atoms with Crippen LogP contribution in [0, 0.1) is 13.8 Å². The number of carbonyl (C=O) groups is 2. The summed E-state index contributed by atoms with van der Waals surface area (Å²) in [6.07, 6.45) is -0.357. The number of benzene rings is 2. The fourth-order valence-corrected chi connectivity index (χ4v) is 3.28. The molecular formula is C22H25ClN2O4. The topological polar surface area (TPSA) is 59.1 Å². The summed E-state index contributed by atoms with van der Waals surface area (Å²) in [5.74, 6) is 0.522. The van der Waals surface area contributed by atoms with Crippen LogP contribution in [0.15, 0.2) is 42.5 Å². The van der Waals surface area contributed by atoms with E-state index in [-0.39, 0.29) is 25.2 Å². The Balaban J connectivity index is 1.42. The minimum absolute atomic E-state index is 0.0427. The summed E-state index contributed by atoms with van der Waals surface area (Å²) in [5, 5.41) is 0.707. The Morgan fingerprint density at radius 2 is 1.55 bits per heavy atom. The maximum Gasteiger partial charge on any atom is 0.410 e. The van der Waals surface area contributed by atoms with Gasteiger partial charge in [-0.2, -0.15) is 0 Å². The highest BCUT2D eigenvalue weighted by Gasteiger charge is 2.25. The Morgan fingerprint density at radius 1 is 0.966 bits per heavy atom. The maximum atomic E-state index is 12.4. The molecule has 0 saturated carbocycles. The van der Waals surface area contributed by atoms with Crippen molar-refractivity contribution in [2.75, 3.05) is 32.8 Å². The molecule has 2 aromatic rings. The normalized spacial score (nSPS) is 13.9. The number of hydrogen-bond acceptors (Lipinski definition) is 4. The molecule has 0 radical (unpaired) electrons. The van der Waals surface area contributed by atoms with E-state index in [0.29, 0.717) is 37.0 Å². The quantitative estimate of drug-likeness (QED) is 0.743. The largest absolute Gasteiger partial charge is 0.484 e. The molecule has 29 heavy (non-hydrogen) atoms. The molecule has 3 rings (SSSR count). The molecule has 1 aliphatic rings. The molecular weight excluding hydrogens is 392 g/mol. The van der Waals surface area contributed by atoms with Gasteiger partial charge in [-0.1, -0.05) is 41.9 Å². The number of hydrogen-bond donors (Lipinski definition) is 0. The zero-order valence-electron chi connectivity index (χ0n) is 16.7. The van der Waals surface area contributed by atoms with Gasteiger partial charge in [-0.25, -0.2) is 4.79 Å². The van der Waals surface area contributed by atoms with E-state index in [4.69, 9.17) is 21.1 Å². The van der Waals surface area contributed by atoms with E-state index in [2.05, 4.69) is 0 Å². The fraction of sp³-hybridized carbons (Fsp3) is 0.364. The zero-order valence-corrected chi connectivity index (χ0v) is 17.4. The molecule has 1 fully saturated rings. The minimum Gasteiger partial charge on any atom is -0.484 e.